The van der Waals surface area contributed by atoms with Gasteiger partial charge in [0.25, 0.3) is 5.91 Å². The molecule has 1 amide bonds. The van der Waals surface area contributed by atoms with Gasteiger partial charge >= 0.3 is 0 Å². The van der Waals surface area contributed by atoms with Crippen molar-refractivity contribution in [3.8, 4) is 0 Å². The number of fused-ring (bicyclic) bond motifs is 2. The third-order valence-corrected chi connectivity index (χ3v) is 6.45. The van der Waals surface area contributed by atoms with Crippen LogP contribution in [0, 0.1) is 10.8 Å². The van der Waals surface area contributed by atoms with Crippen molar-refractivity contribution in [1.82, 2.24) is 20.0 Å². The second kappa shape index (κ2) is 6.27. The molecule has 2 unspecified atom stereocenters. The van der Waals surface area contributed by atoms with Crippen LogP contribution in [0.15, 0.2) is 18.5 Å². The van der Waals surface area contributed by atoms with Crippen LogP contribution in [0.1, 0.15) is 52.9 Å². The van der Waals surface area contributed by atoms with Crippen LogP contribution >= 0.6 is 12.4 Å². The summed E-state index contributed by atoms with van der Waals surface area (Å²) in [5.41, 5.74) is 0.118. The summed E-state index contributed by atoms with van der Waals surface area (Å²) in [7, 11) is 0. The molecular weight excluding hydrogens is 336 g/mol. The summed E-state index contributed by atoms with van der Waals surface area (Å²) in [6, 6.07) is 2.33. The largest absolute Gasteiger partial charge is 0.337 e. The molecule has 3 heterocycles. The van der Waals surface area contributed by atoms with Gasteiger partial charge in [0.1, 0.15) is 5.54 Å². The van der Waals surface area contributed by atoms with Crippen LogP contribution in [-0.2, 0) is 10.3 Å². The highest BCUT2D eigenvalue weighted by atomic mass is 35.5. The second-order valence-corrected chi connectivity index (χ2v) is 9.38. The third kappa shape index (κ3) is 3.10. The van der Waals surface area contributed by atoms with E-state index >= 15 is 0 Å². The van der Waals surface area contributed by atoms with Gasteiger partial charge < -0.3 is 10.2 Å². The number of nitrogens with zero attached hydrogens (tertiary/aromatic N) is 3. The fraction of sp³-hybridized carbons (Fsp3) is 0.789. The van der Waals surface area contributed by atoms with Gasteiger partial charge in [-0.15, -0.1) is 12.4 Å². The first-order valence-corrected chi connectivity index (χ1v) is 9.36. The predicted molar refractivity (Wildman–Crippen MR) is 101 cm³/mol. The number of piperidine rings is 1. The van der Waals surface area contributed by atoms with E-state index in [1.165, 1.54) is 6.42 Å². The van der Waals surface area contributed by atoms with Crippen LogP contribution in [0.25, 0.3) is 0 Å². The van der Waals surface area contributed by atoms with Crippen molar-refractivity contribution in [2.45, 2.75) is 64.5 Å². The molecule has 5 nitrogen and oxygen atoms in total. The lowest BCUT2D eigenvalue weighted by Crippen LogP contribution is -2.56. The van der Waals surface area contributed by atoms with E-state index in [4.69, 9.17) is 0 Å². The van der Waals surface area contributed by atoms with Crippen molar-refractivity contribution < 1.29 is 4.79 Å². The van der Waals surface area contributed by atoms with Crippen LogP contribution in [-0.4, -0.2) is 46.3 Å². The van der Waals surface area contributed by atoms with Crippen molar-refractivity contribution in [3.05, 3.63) is 18.5 Å². The molecule has 1 aromatic rings. The van der Waals surface area contributed by atoms with Crippen molar-refractivity contribution in [2.24, 2.45) is 10.8 Å². The Morgan fingerprint density at radius 2 is 1.92 bits per heavy atom. The summed E-state index contributed by atoms with van der Waals surface area (Å²) in [4.78, 5) is 16.0. The van der Waals surface area contributed by atoms with Gasteiger partial charge in [-0.25, -0.2) is 0 Å². The maximum absolute atomic E-state index is 13.8. The molecule has 2 aliphatic heterocycles. The molecule has 2 saturated heterocycles. The molecule has 2 bridgehead atoms. The number of nitrogens with one attached hydrogen (secondary N) is 1. The molecule has 2 atom stereocenters. The molecule has 0 aromatic carbocycles. The number of halogens is 1. The number of hydrogen-bond acceptors (Lipinski definition) is 3. The number of amides is 1. The van der Waals surface area contributed by atoms with Gasteiger partial charge in [-0.2, -0.15) is 5.10 Å². The van der Waals surface area contributed by atoms with Crippen molar-refractivity contribution in [3.63, 3.8) is 0 Å². The Balaban J connectivity index is 0.00000182. The van der Waals surface area contributed by atoms with Gasteiger partial charge in [-0.1, -0.05) is 20.8 Å². The average molecular weight is 367 g/mol. The predicted octanol–water partition coefficient (Wildman–Crippen LogP) is 2.81. The molecule has 140 valence electrons. The van der Waals surface area contributed by atoms with Gasteiger partial charge in [-0.3, -0.25) is 9.48 Å². The average Bonchev–Trinajstić information content (AvgIpc) is 3.13. The van der Waals surface area contributed by atoms with Crippen LogP contribution in [0.4, 0.5) is 0 Å². The minimum atomic E-state index is -0.493. The molecule has 1 N–H and O–H groups in total. The molecular formula is C19H31ClN4O. The third-order valence-electron chi connectivity index (χ3n) is 6.45. The van der Waals surface area contributed by atoms with Gasteiger partial charge in [0.2, 0.25) is 0 Å². The molecule has 25 heavy (non-hydrogen) atoms. The monoisotopic (exact) mass is 366 g/mol. The van der Waals surface area contributed by atoms with E-state index in [-0.39, 0.29) is 17.8 Å². The number of carbonyl (C=O) groups excluding carboxylic acids is 1. The van der Waals surface area contributed by atoms with Crippen molar-refractivity contribution >= 4 is 18.3 Å². The highest BCUT2D eigenvalue weighted by molar-refractivity contribution is 5.85. The van der Waals surface area contributed by atoms with Crippen molar-refractivity contribution in [1.29, 1.82) is 0 Å². The Bertz CT molecular complexity index is 623. The fourth-order valence-electron chi connectivity index (χ4n) is 5.87. The summed E-state index contributed by atoms with van der Waals surface area (Å²) in [6.45, 7) is 9.77. The van der Waals surface area contributed by atoms with Crippen molar-refractivity contribution in [2.75, 3.05) is 19.6 Å². The lowest BCUT2D eigenvalue weighted by molar-refractivity contribution is -0.144. The first-order valence-electron chi connectivity index (χ1n) is 9.36. The van der Waals surface area contributed by atoms with Gasteiger partial charge in [0, 0.05) is 25.0 Å². The number of aromatic nitrogens is 2. The Kier molecular flexibility index (Phi) is 4.70. The van der Waals surface area contributed by atoms with E-state index in [1.807, 2.05) is 16.9 Å². The zero-order chi connectivity index (χ0) is 17.0. The van der Waals surface area contributed by atoms with E-state index in [1.54, 1.807) is 6.20 Å². The molecule has 0 spiro atoms. The summed E-state index contributed by atoms with van der Waals surface area (Å²) in [5, 5.41) is 7.88. The SMILES string of the molecule is CC1(C)CC2CC(C)(CN2C(=O)C2(n3cccn3)CCNCC2)C1.Cl. The smallest absolute Gasteiger partial charge is 0.250 e. The van der Waals surface area contributed by atoms with Crippen LogP contribution in [0.2, 0.25) is 0 Å². The first kappa shape index (κ1) is 18.7. The summed E-state index contributed by atoms with van der Waals surface area (Å²) >= 11 is 0. The van der Waals surface area contributed by atoms with Gasteiger partial charge in [0.05, 0.1) is 0 Å². The zero-order valence-electron chi connectivity index (χ0n) is 15.6. The van der Waals surface area contributed by atoms with E-state index in [0.717, 1.165) is 45.3 Å². The van der Waals surface area contributed by atoms with Crippen LogP contribution in [0.3, 0.4) is 0 Å². The van der Waals surface area contributed by atoms with Crippen LogP contribution in [0.5, 0.6) is 0 Å². The normalized spacial score (nSPS) is 32.9. The molecule has 4 rings (SSSR count). The molecule has 1 aliphatic carbocycles. The highest BCUT2D eigenvalue weighted by Gasteiger charge is 2.55. The Labute approximate surface area is 156 Å². The summed E-state index contributed by atoms with van der Waals surface area (Å²) in [6.07, 6.45) is 8.93. The number of hydrogen-bond donors (Lipinski definition) is 1. The Hall–Kier alpha value is -1.07. The van der Waals surface area contributed by atoms with Crippen LogP contribution < -0.4 is 5.32 Å². The van der Waals surface area contributed by atoms with E-state index < -0.39 is 5.54 Å². The summed E-state index contributed by atoms with van der Waals surface area (Å²) < 4.78 is 1.94. The summed E-state index contributed by atoms with van der Waals surface area (Å²) in [5.74, 6) is 0.305. The molecule has 0 radical (unpaired) electrons. The number of rotatable bonds is 2. The molecule has 3 fully saturated rings. The molecule has 1 saturated carbocycles. The second-order valence-electron chi connectivity index (χ2n) is 9.38. The van der Waals surface area contributed by atoms with E-state index in [0.29, 0.717) is 17.4 Å². The minimum Gasteiger partial charge on any atom is -0.337 e. The maximum Gasteiger partial charge on any atom is 0.250 e. The first-order chi connectivity index (χ1) is 11.3. The number of carbonyl (C=O) groups is 1. The molecule has 1 aromatic heterocycles. The van der Waals surface area contributed by atoms with Gasteiger partial charge in [0.15, 0.2) is 0 Å². The van der Waals surface area contributed by atoms with E-state index in [9.17, 15) is 4.79 Å². The minimum absolute atomic E-state index is 0. The zero-order valence-corrected chi connectivity index (χ0v) is 16.4. The van der Waals surface area contributed by atoms with Gasteiger partial charge in [-0.05, 0) is 62.1 Å². The standard InChI is InChI=1S/C19H30N4O.ClH/c1-17(2)11-15-12-18(3,13-17)14-22(15)16(24)19(5-8-20-9-6-19)23-10-4-7-21-23;/h4,7,10,15,20H,5-6,8-9,11-14H2,1-3H3;1H. The van der Waals surface area contributed by atoms with E-state index in [2.05, 4.69) is 36.1 Å². The molecule has 6 heteroatoms. The topological polar surface area (TPSA) is 50.2 Å². The number of likely N-dealkylation sites (tertiary alicyclic amines) is 1. The molecule has 3 aliphatic rings. The Morgan fingerprint density at radius 1 is 1.20 bits per heavy atom. The quantitative estimate of drug-likeness (QED) is 0.875. The maximum atomic E-state index is 13.8. The lowest BCUT2D eigenvalue weighted by atomic mass is 9.65. The fourth-order valence-corrected chi connectivity index (χ4v) is 5.87. The lowest BCUT2D eigenvalue weighted by Gasteiger charge is -2.42. The Morgan fingerprint density at radius 3 is 2.56 bits per heavy atom. The highest BCUT2D eigenvalue weighted by Crippen LogP contribution is 2.53.